The molecule has 0 aromatic carbocycles. The summed E-state index contributed by atoms with van der Waals surface area (Å²) >= 11 is 4.65. The fourth-order valence-corrected chi connectivity index (χ4v) is 0. The zero-order valence-electron chi connectivity index (χ0n) is 5.20. The minimum atomic E-state index is -0.303. The Morgan fingerprint density at radius 3 is 2.38 bits per heavy atom. The van der Waals surface area contributed by atoms with Gasteiger partial charge in [0.15, 0.2) is 0 Å². The van der Waals surface area contributed by atoms with Crippen molar-refractivity contribution < 1.29 is 41.1 Å². The molecule has 0 aromatic heterocycles. The summed E-state index contributed by atoms with van der Waals surface area (Å²) in [5.74, 6) is 0. The second-order valence-electron chi connectivity index (χ2n) is 0.144. The van der Waals surface area contributed by atoms with E-state index in [1.807, 2.05) is 0 Å². The van der Waals surface area contributed by atoms with Crippen LogP contribution in [-0.2, 0) is 54.4 Å². The number of nitrogens with zero attached hydrogens (tertiary/aromatic N) is 1. The van der Waals surface area contributed by atoms with Crippen LogP contribution in [0.3, 0.4) is 0 Å². The van der Waals surface area contributed by atoms with Gasteiger partial charge in [-0.3, -0.25) is 0 Å². The summed E-state index contributed by atoms with van der Waals surface area (Å²) < 4.78 is 23.9. The Balaban J connectivity index is -0.0000000273. The third-order valence-electron chi connectivity index (χ3n) is 0. The summed E-state index contributed by atoms with van der Waals surface area (Å²) in [6, 6.07) is 0. The number of rotatable bonds is 0. The Kier molecular flexibility index (Phi) is 59.9. The van der Waals surface area contributed by atoms with Gasteiger partial charge in [-0.15, -0.1) is 0 Å². The van der Waals surface area contributed by atoms with Crippen LogP contribution >= 0.6 is 0 Å². The molecule has 8 heavy (non-hydrogen) atoms. The van der Waals surface area contributed by atoms with Crippen LogP contribution in [-0.4, -0.2) is 0.879 Å². The summed E-state index contributed by atoms with van der Waals surface area (Å²) in [6.07, 6.45) is 0. The molecule has 0 aliphatic carbocycles. The van der Waals surface area contributed by atoms with E-state index in [9.17, 15) is 4.48 Å². The van der Waals surface area contributed by atoms with Gasteiger partial charge in [-0.2, -0.15) is 0 Å². The van der Waals surface area contributed by atoms with Crippen LogP contribution in [0.5, 0.6) is 0 Å². The molecule has 0 saturated heterocycles. The molecule has 0 amide bonds. The molecular weight excluding hydrogens is 356 g/mol. The van der Waals surface area contributed by atoms with Gasteiger partial charge in [0.2, 0.25) is 0 Å². The van der Waals surface area contributed by atoms with Crippen LogP contribution < -0.4 is 0 Å². The average molecular weight is 367 g/mol. The SMILES string of the molecule is C.F[N]=[W].[2H][CH2-].[3H][V]=[S]=S. The third kappa shape index (κ3) is 148. The van der Waals surface area contributed by atoms with Gasteiger partial charge in [-0.25, -0.2) is 1.37 Å². The van der Waals surface area contributed by atoms with Gasteiger partial charge in [0.25, 0.3) is 0 Å². The topological polar surface area (TPSA) is 12.4 Å². The van der Waals surface area contributed by atoms with E-state index < -0.39 is 0 Å². The molecule has 52 valence electrons. The van der Waals surface area contributed by atoms with Gasteiger partial charge in [-0.1, -0.05) is 7.43 Å². The van der Waals surface area contributed by atoms with E-state index in [1.165, 1.54) is 7.98 Å². The van der Waals surface area contributed by atoms with Gasteiger partial charge in [-0.05, 0) is 0 Å². The summed E-state index contributed by atoms with van der Waals surface area (Å²) in [7, 11) is 3.70. The standard InChI is InChI=1S/CH4.CH3.FN.S2.V.W.H/c;;2*1-2;;;/h1H4;1H3;;;;;/q;-1;;;;;/i;1D;;;;;1+2. The fourth-order valence-electron chi connectivity index (χ4n) is 0. The Hall–Kier alpha value is 1.44. The van der Waals surface area contributed by atoms with Crippen molar-refractivity contribution in [3.63, 3.8) is 0 Å². The molecule has 0 radical (unpaired) electrons. The van der Waals surface area contributed by atoms with Crippen LogP contribution in [0.15, 0.2) is 3.72 Å². The summed E-state index contributed by atoms with van der Waals surface area (Å²) in [5.41, 5.74) is 0. The minimum absolute atomic E-state index is 0. The molecule has 0 fully saturated rings. The van der Waals surface area contributed by atoms with Gasteiger partial charge in [0.05, 0.1) is 0 Å². The molecule has 0 saturated carbocycles. The summed E-state index contributed by atoms with van der Waals surface area (Å²) in [5, 5.41) is 0. The van der Waals surface area contributed by atoms with Gasteiger partial charge >= 0.3 is 63.4 Å². The molecule has 6 heteroatoms. The van der Waals surface area contributed by atoms with E-state index in [4.69, 9.17) is 2.25 Å². The Morgan fingerprint density at radius 2 is 2.38 bits per heavy atom. The van der Waals surface area contributed by atoms with E-state index in [0.717, 1.165) is 0 Å². The first-order valence-corrected chi connectivity index (χ1v) is 5.42. The van der Waals surface area contributed by atoms with Crippen LogP contribution in [0.2, 0.25) is 0 Å². The van der Waals surface area contributed by atoms with Gasteiger partial charge in [0.1, 0.15) is 0 Å². The Labute approximate surface area is 79.2 Å². The zero-order chi connectivity index (χ0) is 8.12. The number of hydrogen-bond donors (Lipinski definition) is 0. The Bertz CT molecular complexity index is 91.3. The average Bonchev–Trinajstić information content (AvgIpc) is 1.94. The number of halogens is 1. The first-order chi connectivity index (χ1) is 4.33. The maximum absolute atomic E-state index is 9.95. The van der Waals surface area contributed by atoms with E-state index in [1.54, 1.807) is 0 Å². The van der Waals surface area contributed by atoms with Crippen LogP contribution in [0, 0.1) is 7.40 Å². The molecule has 0 aromatic rings. The van der Waals surface area contributed by atoms with Crippen molar-refractivity contribution in [3.8, 4) is 0 Å². The molecule has 0 aliphatic rings. The summed E-state index contributed by atoms with van der Waals surface area (Å²) in [6.45, 7) is 0. The van der Waals surface area contributed by atoms with E-state index in [0.29, 0.717) is 19.6 Å². The van der Waals surface area contributed by atoms with Crippen molar-refractivity contribution in [1.29, 1.82) is 0.879 Å². The molecule has 0 unspecified atom stereocenters. The molecule has 0 N–H and O–H groups in total. The second kappa shape index (κ2) is 39.5. The molecular formula is C2H8FNS2VW-. The molecule has 0 spiro atoms. The summed E-state index contributed by atoms with van der Waals surface area (Å²) in [4.78, 5) is 0. The van der Waals surface area contributed by atoms with Crippen molar-refractivity contribution in [1.82, 2.24) is 0 Å². The second-order valence-corrected chi connectivity index (χ2v) is 3.33. The van der Waals surface area contributed by atoms with E-state index >= 15 is 0 Å². The fraction of sp³-hybridized carbons (Fsp3) is 0.500. The quantitative estimate of drug-likeness (QED) is 0.590. The molecule has 1 nitrogen and oxygen atoms in total. The molecule has 0 heterocycles. The van der Waals surface area contributed by atoms with Gasteiger partial charge < -0.3 is 7.40 Å². The van der Waals surface area contributed by atoms with E-state index in [2.05, 4.69) is 22.3 Å². The van der Waals surface area contributed by atoms with Crippen LogP contribution in [0.25, 0.3) is 0 Å². The van der Waals surface area contributed by atoms with Crippen molar-refractivity contribution in [2.24, 2.45) is 3.72 Å². The molecule has 0 aliphatic heterocycles. The first-order valence-electron chi connectivity index (χ1n) is 1.86. The molecule has 0 atom stereocenters. The monoisotopic (exact) mass is 367 g/mol. The van der Waals surface area contributed by atoms with Gasteiger partial charge in [0, 0.05) is 0 Å². The first kappa shape index (κ1) is 12.2. The predicted octanol–water partition coefficient (Wildman–Crippen LogP) is 1.41. The molecule has 0 bridgehead atoms. The maximum atomic E-state index is 9.95. The molecule has 0 rings (SSSR count). The van der Waals surface area contributed by atoms with Crippen LogP contribution in [0.4, 0.5) is 4.48 Å². The van der Waals surface area contributed by atoms with E-state index in [-0.39, 0.29) is 23.0 Å². The zero-order valence-corrected chi connectivity index (χ0v) is 9.17. The third-order valence-corrected chi connectivity index (χ3v) is 0. The van der Waals surface area contributed by atoms with Crippen molar-refractivity contribution in [2.45, 2.75) is 7.43 Å². The number of hydrogen-bond acceptors (Lipinski definition) is 2. The Morgan fingerprint density at radius 1 is 2.25 bits per heavy atom. The predicted molar refractivity (Wildman–Crippen MR) is 32.8 cm³/mol. The van der Waals surface area contributed by atoms with Crippen molar-refractivity contribution >= 4 is 19.2 Å². The van der Waals surface area contributed by atoms with Crippen LogP contribution in [0.1, 0.15) is 8.80 Å². The normalized spacial score (nSPS) is 5.25. The van der Waals surface area contributed by atoms with Crippen molar-refractivity contribution in [3.05, 3.63) is 7.40 Å². The van der Waals surface area contributed by atoms with Crippen molar-refractivity contribution in [2.75, 3.05) is 0 Å².